The highest BCUT2D eigenvalue weighted by atomic mass is 16.6. The van der Waals surface area contributed by atoms with Gasteiger partial charge in [0.15, 0.2) is 0 Å². The van der Waals surface area contributed by atoms with Crippen molar-refractivity contribution in [1.82, 2.24) is 14.5 Å². The standard InChI is InChI=1S/C15H16N4O6/c20-7-11-10(21)6-12(25-11)19-8-16-13(17-14(19)22)18-15(23)24-9-4-2-1-3-5-9/h1-5,8,10-12,20-21H,6-7H2,(H,17,18,22,23)/t10-,11-,12-/m1/s1. The van der Waals surface area contributed by atoms with Crippen LogP contribution in [0.25, 0.3) is 0 Å². The number of hydrogen-bond donors (Lipinski definition) is 3. The van der Waals surface area contributed by atoms with E-state index in [0.717, 1.165) is 10.9 Å². The average Bonchev–Trinajstić information content (AvgIpc) is 2.96. The molecule has 3 rings (SSSR count). The molecule has 2 heterocycles. The fourth-order valence-corrected chi connectivity index (χ4v) is 2.36. The van der Waals surface area contributed by atoms with Gasteiger partial charge in [0.1, 0.15) is 24.4 Å². The van der Waals surface area contributed by atoms with E-state index >= 15 is 0 Å². The molecule has 1 aromatic carbocycles. The summed E-state index contributed by atoms with van der Waals surface area (Å²) in [5.74, 6) is 0.108. The second-order valence-corrected chi connectivity index (χ2v) is 5.31. The van der Waals surface area contributed by atoms with Crippen LogP contribution < -0.4 is 15.7 Å². The zero-order chi connectivity index (χ0) is 17.8. The van der Waals surface area contributed by atoms with Crippen molar-refractivity contribution >= 4 is 12.0 Å². The Labute approximate surface area is 141 Å². The molecule has 0 spiro atoms. The number of hydrogen-bond acceptors (Lipinski definition) is 8. The van der Waals surface area contributed by atoms with Crippen LogP contribution >= 0.6 is 0 Å². The molecule has 1 fully saturated rings. The molecule has 1 aliphatic heterocycles. The monoisotopic (exact) mass is 348 g/mol. The summed E-state index contributed by atoms with van der Waals surface area (Å²) in [5.41, 5.74) is -0.721. The first kappa shape index (κ1) is 17.0. The Balaban J connectivity index is 1.66. The topological polar surface area (TPSA) is 136 Å². The van der Waals surface area contributed by atoms with Crippen molar-refractivity contribution in [3.63, 3.8) is 0 Å². The number of aliphatic hydroxyl groups excluding tert-OH is 2. The quantitative estimate of drug-likeness (QED) is 0.696. The molecule has 2 aromatic rings. The molecule has 0 unspecified atom stereocenters. The van der Waals surface area contributed by atoms with E-state index in [2.05, 4.69) is 15.3 Å². The summed E-state index contributed by atoms with van der Waals surface area (Å²) < 4.78 is 11.4. The van der Waals surface area contributed by atoms with E-state index in [1.54, 1.807) is 30.3 Å². The summed E-state index contributed by atoms with van der Waals surface area (Å²) in [6, 6.07) is 8.38. The van der Waals surface area contributed by atoms with Crippen molar-refractivity contribution < 1.29 is 24.5 Å². The van der Waals surface area contributed by atoms with Crippen LogP contribution in [-0.4, -0.2) is 49.7 Å². The number of nitrogens with one attached hydrogen (secondary N) is 1. The number of rotatable bonds is 4. The van der Waals surface area contributed by atoms with Gasteiger partial charge in [-0.3, -0.25) is 9.88 Å². The van der Waals surface area contributed by atoms with Gasteiger partial charge < -0.3 is 19.7 Å². The fraction of sp³-hybridized carbons (Fsp3) is 0.333. The number of anilines is 1. The zero-order valence-corrected chi connectivity index (χ0v) is 13.0. The van der Waals surface area contributed by atoms with E-state index in [0.29, 0.717) is 5.75 Å². The Morgan fingerprint density at radius 3 is 2.80 bits per heavy atom. The maximum absolute atomic E-state index is 12.1. The number of benzene rings is 1. The summed E-state index contributed by atoms with van der Waals surface area (Å²) in [6.45, 7) is -0.363. The molecule has 0 saturated carbocycles. The van der Waals surface area contributed by atoms with E-state index in [1.807, 2.05) is 0 Å². The van der Waals surface area contributed by atoms with Crippen molar-refractivity contribution in [1.29, 1.82) is 0 Å². The molecule has 1 saturated heterocycles. The van der Waals surface area contributed by atoms with Crippen molar-refractivity contribution in [2.24, 2.45) is 0 Å². The Morgan fingerprint density at radius 2 is 2.16 bits per heavy atom. The van der Waals surface area contributed by atoms with Crippen LogP contribution in [-0.2, 0) is 4.74 Å². The van der Waals surface area contributed by atoms with Gasteiger partial charge in [-0.2, -0.15) is 4.98 Å². The van der Waals surface area contributed by atoms with Gasteiger partial charge in [0.2, 0.25) is 5.95 Å². The number of nitrogens with zero attached hydrogens (tertiary/aromatic N) is 3. The predicted octanol–water partition coefficient (Wildman–Crippen LogP) is -0.110. The Kier molecular flexibility index (Phi) is 5.03. The number of carbonyl (C=O) groups excluding carboxylic acids is 1. The average molecular weight is 348 g/mol. The van der Waals surface area contributed by atoms with Gasteiger partial charge in [-0.15, -0.1) is 0 Å². The van der Waals surface area contributed by atoms with Crippen LogP contribution in [0.15, 0.2) is 41.5 Å². The number of aliphatic hydroxyl groups is 2. The van der Waals surface area contributed by atoms with E-state index in [9.17, 15) is 14.7 Å². The van der Waals surface area contributed by atoms with E-state index in [-0.39, 0.29) is 19.0 Å². The molecular weight excluding hydrogens is 332 g/mol. The van der Waals surface area contributed by atoms with Crippen LogP contribution in [0.3, 0.4) is 0 Å². The molecule has 3 atom stereocenters. The Hall–Kier alpha value is -2.82. The molecule has 1 amide bonds. The predicted molar refractivity (Wildman–Crippen MR) is 84.0 cm³/mol. The summed E-state index contributed by atoms with van der Waals surface area (Å²) in [4.78, 5) is 31.3. The smallest absolute Gasteiger partial charge is 0.410 e. The minimum Gasteiger partial charge on any atom is -0.410 e. The van der Waals surface area contributed by atoms with E-state index < -0.39 is 30.2 Å². The molecule has 0 bridgehead atoms. The first-order valence-electron chi connectivity index (χ1n) is 7.50. The van der Waals surface area contributed by atoms with Crippen molar-refractivity contribution in [3.8, 4) is 5.75 Å². The lowest BCUT2D eigenvalue weighted by molar-refractivity contribution is -0.0462. The summed E-state index contributed by atoms with van der Waals surface area (Å²) in [7, 11) is 0. The Morgan fingerprint density at radius 1 is 1.40 bits per heavy atom. The van der Waals surface area contributed by atoms with Crippen molar-refractivity contribution in [3.05, 3.63) is 47.1 Å². The minimum atomic E-state index is -0.888. The SMILES string of the molecule is O=C(Nc1ncn([C@H]2C[C@@H](O)[C@@H](CO)O2)c(=O)n1)Oc1ccccc1. The van der Waals surface area contributed by atoms with Crippen LogP contribution in [0, 0.1) is 0 Å². The van der Waals surface area contributed by atoms with Gasteiger partial charge in [0.05, 0.1) is 12.7 Å². The van der Waals surface area contributed by atoms with Gasteiger partial charge in [-0.1, -0.05) is 18.2 Å². The molecule has 0 radical (unpaired) electrons. The molecule has 3 N–H and O–H groups in total. The van der Waals surface area contributed by atoms with Crippen LogP contribution in [0.2, 0.25) is 0 Å². The van der Waals surface area contributed by atoms with Crippen molar-refractivity contribution in [2.45, 2.75) is 24.9 Å². The first-order chi connectivity index (χ1) is 12.1. The van der Waals surface area contributed by atoms with Gasteiger partial charge in [-0.05, 0) is 12.1 Å². The fourth-order valence-electron chi connectivity index (χ4n) is 2.36. The lowest BCUT2D eigenvalue weighted by atomic mass is 10.2. The number of amides is 1. The number of carbonyl (C=O) groups is 1. The number of ether oxygens (including phenoxy) is 2. The lowest BCUT2D eigenvalue weighted by Gasteiger charge is -2.14. The van der Waals surface area contributed by atoms with Crippen LogP contribution in [0.4, 0.5) is 10.7 Å². The van der Waals surface area contributed by atoms with E-state index in [4.69, 9.17) is 14.6 Å². The van der Waals surface area contributed by atoms with Gasteiger partial charge in [0, 0.05) is 6.42 Å². The molecule has 25 heavy (non-hydrogen) atoms. The molecule has 10 heteroatoms. The summed E-state index contributed by atoms with van der Waals surface area (Å²) in [6.07, 6.45) is -2.01. The highest BCUT2D eigenvalue weighted by Crippen LogP contribution is 2.27. The largest absolute Gasteiger partial charge is 0.419 e. The van der Waals surface area contributed by atoms with Gasteiger partial charge >= 0.3 is 11.8 Å². The van der Waals surface area contributed by atoms with Crippen molar-refractivity contribution in [2.75, 3.05) is 11.9 Å². The molecule has 1 aromatic heterocycles. The minimum absolute atomic E-state index is 0.122. The van der Waals surface area contributed by atoms with Crippen LogP contribution in [0.5, 0.6) is 5.75 Å². The normalized spacial score (nSPS) is 22.6. The molecule has 10 nitrogen and oxygen atoms in total. The zero-order valence-electron chi connectivity index (χ0n) is 13.0. The highest BCUT2D eigenvalue weighted by Gasteiger charge is 2.35. The maximum Gasteiger partial charge on any atom is 0.419 e. The second-order valence-electron chi connectivity index (χ2n) is 5.31. The first-order valence-corrected chi connectivity index (χ1v) is 7.50. The third-order valence-electron chi connectivity index (χ3n) is 3.59. The lowest BCUT2D eigenvalue weighted by Crippen LogP contribution is -2.30. The molecule has 132 valence electrons. The third-order valence-corrected chi connectivity index (χ3v) is 3.59. The van der Waals surface area contributed by atoms with Crippen LogP contribution in [0.1, 0.15) is 12.6 Å². The number of para-hydroxylation sites is 1. The molecular formula is C15H16N4O6. The summed E-state index contributed by atoms with van der Waals surface area (Å²) >= 11 is 0. The van der Waals surface area contributed by atoms with Gasteiger partial charge in [0.25, 0.3) is 0 Å². The second kappa shape index (κ2) is 7.38. The summed E-state index contributed by atoms with van der Waals surface area (Å²) in [5, 5.41) is 21.0. The van der Waals surface area contributed by atoms with E-state index in [1.165, 1.54) is 0 Å². The van der Waals surface area contributed by atoms with Gasteiger partial charge in [-0.25, -0.2) is 14.6 Å². The maximum atomic E-state index is 12.1. The number of aromatic nitrogens is 3. The third kappa shape index (κ3) is 3.99. The molecule has 1 aliphatic rings. The highest BCUT2D eigenvalue weighted by molar-refractivity contribution is 5.83. The Bertz CT molecular complexity index is 796. The molecule has 0 aliphatic carbocycles.